The number of hydrogen-bond donors (Lipinski definition) is 2. The van der Waals surface area contributed by atoms with E-state index in [9.17, 15) is 0 Å². The van der Waals surface area contributed by atoms with Crippen LogP contribution in [0.5, 0.6) is 0 Å². The maximum Gasteiger partial charge on any atom is 0.191 e. The van der Waals surface area contributed by atoms with Crippen molar-refractivity contribution < 1.29 is 0 Å². The number of benzene rings is 1. The summed E-state index contributed by atoms with van der Waals surface area (Å²) in [5.74, 6) is 0.880. The van der Waals surface area contributed by atoms with Crippen molar-refractivity contribution in [2.75, 3.05) is 13.6 Å². The molecule has 1 aliphatic carbocycles. The van der Waals surface area contributed by atoms with E-state index >= 15 is 0 Å². The molecule has 0 atom stereocenters. The number of aromatic nitrogens is 2. The Morgan fingerprint density at radius 3 is 2.52 bits per heavy atom. The summed E-state index contributed by atoms with van der Waals surface area (Å²) in [7, 11) is 1.83. The van der Waals surface area contributed by atoms with Gasteiger partial charge in [-0.25, -0.2) is 4.68 Å². The first kappa shape index (κ1) is 19.8. The van der Waals surface area contributed by atoms with Crippen LogP contribution in [0.2, 0.25) is 0 Å². The molecule has 0 aliphatic heterocycles. The molecule has 1 aromatic carbocycles. The molecule has 5 nitrogen and oxygen atoms in total. The molecule has 0 amide bonds. The van der Waals surface area contributed by atoms with Gasteiger partial charge in [0.15, 0.2) is 5.96 Å². The highest BCUT2D eigenvalue weighted by Gasteiger charge is 2.34. The van der Waals surface area contributed by atoms with Gasteiger partial charge in [0.2, 0.25) is 0 Å². The van der Waals surface area contributed by atoms with Crippen LogP contribution in [-0.4, -0.2) is 29.3 Å². The normalized spacial score (nSPS) is 15.8. The first-order valence-corrected chi connectivity index (χ1v) is 8.78. The van der Waals surface area contributed by atoms with Crippen LogP contribution in [0.25, 0.3) is 5.69 Å². The van der Waals surface area contributed by atoms with E-state index in [0.29, 0.717) is 5.41 Å². The third kappa shape index (κ3) is 4.96. The Bertz CT molecular complexity index is 654. The van der Waals surface area contributed by atoms with E-state index in [-0.39, 0.29) is 24.0 Å². The van der Waals surface area contributed by atoms with E-state index in [4.69, 9.17) is 0 Å². The molecular weight excluding hydrogens is 425 g/mol. The molecule has 0 radical (unpaired) electrons. The SMILES string of the molecule is CCC1(CNC(=NC)NCc2ccc(-n3cccn3)cc2)CCC1.I. The molecule has 0 saturated heterocycles. The van der Waals surface area contributed by atoms with Gasteiger partial charge in [0.05, 0.1) is 5.69 Å². The van der Waals surface area contributed by atoms with Crippen LogP contribution in [0.15, 0.2) is 47.7 Å². The molecule has 2 aromatic rings. The minimum atomic E-state index is 0. The summed E-state index contributed by atoms with van der Waals surface area (Å²) in [6.07, 6.45) is 9.01. The quantitative estimate of drug-likeness (QED) is 0.398. The van der Waals surface area contributed by atoms with Crippen LogP contribution in [0, 0.1) is 5.41 Å². The predicted molar refractivity (Wildman–Crippen MR) is 114 cm³/mol. The van der Waals surface area contributed by atoms with Crippen LogP contribution in [0.1, 0.15) is 38.2 Å². The molecule has 1 saturated carbocycles. The second-order valence-corrected chi connectivity index (χ2v) is 6.60. The number of rotatable bonds is 6. The number of hydrogen-bond acceptors (Lipinski definition) is 2. The molecule has 2 N–H and O–H groups in total. The van der Waals surface area contributed by atoms with Crippen molar-refractivity contribution in [3.8, 4) is 5.69 Å². The molecule has 0 spiro atoms. The summed E-state index contributed by atoms with van der Waals surface area (Å²) in [5, 5.41) is 11.1. The Hall–Kier alpha value is -1.57. The van der Waals surface area contributed by atoms with Crippen molar-refractivity contribution in [3.63, 3.8) is 0 Å². The standard InChI is InChI=1S/C19H27N5.HI/c1-3-19(10-4-11-19)15-22-18(20-2)21-14-16-6-8-17(9-7-16)24-13-5-12-23-24;/h5-9,12-13H,3-4,10-11,14-15H2,1-2H3,(H2,20,21,22);1H. The summed E-state index contributed by atoms with van der Waals surface area (Å²) in [6, 6.07) is 10.3. The average Bonchev–Trinajstić information content (AvgIpc) is 3.12. The first-order chi connectivity index (χ1) is 11.7. The number of guanidine groups is 1. The highest BCUT2D eigenvalue weighted by atomic mass is 127. The van der Waals surface area contributed by atoms with Gasteiger partial charge in [0, 0.05) is 32.5 Å². The van der Waals surface area contributed by atoms with Gasteiger partial charge in [-0.1, -0.05) is 25.5 Å². The Morgan fingerprint density at radius 2 is 2.00 bits per heavy atom. The van der Waals surface area contributed by atoms with Crippen LogP contribution < -0.4 is 10.6 Å². The minimum absolute atomic E-state index is 0. The number of nitrogens with one attached hydrogen (secondary N) is 2. The fraction of sp³-hybridized carbons (Fsp3) is 0.474. The fourth-order valence-corrected chi connectivity index (χ4v) is 3.20. The predicted octanol–water partition coefficient (Wildman–Crippen LogP) is 3.74. The van der Waals surface area contributed by atoms with E-state index in [1.807, 2.05) is 24.0 Å². The van der Waals surface area contributed by atoms with E-state index in [1.165, 1.54) is 31.2 Å². The Kier molecular flexibility index (Phi) is 7.28. The Labute approximate surface area is 167 Å². The van der Waals surface area contributed by atoms with E-state index in [1.54, 1.807) is 6.20 Å². The van der Waals surface area contributed by atoms with E-state index in [2.05, 4.69) is 51.9 Å². The van der Waals surface area contributed by atoms with Crippen molar-refractivity contribution in [3.05, 3.63) is 48.3 Å². The van der Waals surface area contributed by atoms with Gasteiger partial charge in [0.1, 0.15) is 0 Å². The lowest BCUT2D eigenvalue weighted by Gasteiger charge is -2.41. The summed E-state index contributed by atoms with van der Waals surface area (Å²) in [6.45, 7) is 4.07. The largest absolute Gasteiger partial charge is 0.356 e. The summed E-state index contributed by atoms with van der Waals surface area (Å²) in [5.41, 5.74) is 2.78. The third-order valence-electron chi connectivity index (χ3n) is 5.18. The average molecular weight is 453 g/mol. The molecule has 136 valence electrons. The molecule has 1 aromatic heterocycles. The van der Waals surface area contributed by atoms with Crippen molar-refractivity contribution in [2.45, 2.75) is 39.2 Å². The van der Waals surface area contributed by atoms with Crippen LogP contribution in [-0.2, 0) is 6.54 Å². The Morgan fingerprint density at radius 1 is 1.24 bits per heavy atom. The van der Waals surface area contributed by atoms with Crippen LogP contribution in [0.4, 0.5) is 0 Å². The molecular formula is C19H28IN5. The molecule has 1 heterocycles. The monoisotopic (exact) mass is 453 g/mol. The molecule has 0 bridgehead atoms. The second-order valence-electron chi connectivity index (χ2n) is 6.60. The summed E-state index contributed by atoms with van der Waals surface area (Å²) >= 11 is 0. The molecule has 3 rings (SSSR count). The number of nitrogens with zero attached hydrogens (tertiary/aromatic N) is 3. The highest BCUT2D eigenvalue weighted by molar-refractivity contribution is 14.0. The fourth-order valence-electron chi connectivity index (χ4n) is 3.20. The topological polar surface area (TPSA) is 54.2 Å². The van der Waals surface area contributed by atoms with E-state index < -0.39 is 0 Å². The van der Waals surface area contributed by atoms with Crippen molar-refractivity contribution >= 4 is 29.9 Å². The smallest absolute Gasteiger partial charge is 0.191 e. The van der Waals surface area contributed by atoms with Crippen molar-refractivity contribution in [1.82, 2.24) is 20.4 Å². The lowest BCUT2D eigenvalue weighted by molar-refractivity contribution is 0.131. The maximum absolute atomic E-state index is 4.34. The van der Waals surface area contributed by atoms with Crippen molar-refractivity contribution in [2.24, 2.45) is 10.4 Å². The van der Waals surface area contributed by atoms with Crippen LogP contribution in [0.3, 0.4) is 0 Å². The van der Waals surface area contributed by atoms with Gasteiger partial charge in [0.25, 0.3) is 0 Å². The molecule has 25 heavy (non-hydrogen) atoms. The number of halogens is 1. The maximum atomic E-state index is 4.34. The van der Waals surface area contributed by atoms with Gasteiger partial charge in [-0.05, 0) is 48.4 Å². The van der Waals surface area contributed by atoms with Gasteiger partial charge in [-0.2, -0.15) is 5.10 Å². The minimum Gasteiger partial charge on any atom is -0.356 e. The van der Waals surface area contributed by atoms with Gasteiger partial charge < -0.3 is 10.6 Å². The Balaban J connectivity index is 0.00000225. The molecule has 1 aliphatic rings. The highest BCUT2D eigenvalue weighted by Crippen LogP contribution is 2.42. The molecule has 1 fully saturated rings. The zero-order valence-corrected chi connectivity index (χ0v) is 17.4. The van der Waals surface area contributed by atoms with Gasteiger partial charge in [-0.15, -0.1) is 24.0 Å². The molecule has 6 heteroatoms. The second kappa shape index (κ2) is 9.22. The molecule has 0 unspecified atom stereocenters. The van der Waals surface area contributed by atoms with Gasteiger partial charge >= 0.3 is 0 Å². The van der Waals surface area contributed by atoms with Crippen LogP contribution >= 0.6 is 24.0 Å². The van der Waals surface area contributed by atoms with Gasteiger partial charge in [-0.3, -0.25) is 4.99 Å². The van der Waals surface area contributed by atoms with Crippen molar-refractivity contribution in [1.29, 1.82) is 0 Å². The summed E-state index contributed by atoms with van der Waals surface area (Å²) in [4.78, 5) is 4.34. The van der Waals surface area contributed by atoms with E-state index in [0.717, 1.165) is 24.7 Å². The first-order valence-electron chi connectivity index (χ1n) is 8.78. The summed E-state index contributed by atoms with van der Waals surface area (Å²) < 4.78 is 1.86. The lowest BCUT2D eigenvalue weighted by Crippen LogP contribution is -2.46. The lowest BCUT2D eigenvalue weighted by atomic mass is 9.67. The zero-order chi connectivity index (χ0) is 16.8. The zero-order valence-electron chi connectivity index (χ0n) is 15.0. The number of aliphatic imine (C=N–C) groups is 1. The third-order valence-corrected chi connectivity index (χ3v) is 5.18.